The molecule has 148 valence electrons. The third-order valence-corrected chi connectivity index (χ3v) is 5.18. The first kappa shape index (κ1) is 19.9. The summed E-state index contributed by atoms with van der Waals surface area (Å²) in [6.07, 6.45) is 3.36. The van der Waals surface area contributed by atoms with Gasteiger partial charge in [0.15, 0.2) is 6.61 Å². The Balaban J connectivity index is 1.52. The molecule has 0 unspecified atom stereocenters. The van der Waals surface area contributed by atoms with Crippen LogP contribution in [0.15, 0.2) is 30.3 Å². The molecule has 0 saturated carbocycles. The highest BCUT2D eigenvalue weighted by atomic mass is 16.5. The molecule has 0 aromatic heterocycles. The van der Waals surface area contributed by atoms with Crippen LogP contribution in [0.4, 0.5) is 5.69 Å². The van der Waals surface area contributed by atoms with E-state index >= 15 is 0 Å². The van der Waals surface area contributed by atoms with E-state index in [9.17, 15) is 9.59 Å². The second kappa shape index (κ2) is 8.46. The van der Waals surface area contributed by atoms with Crippen LogP contribution in [0.3, 0.4) is 0 Å². The number of ether oxygens (including phenoxy) is 1. The van der Waals surface area contributed by atoms with Crippen LogP contribution in [0.2, 0.25) is 0 Å². The molecule has 2 amide bonds. The van der Waals surface area contributed by atoms with E-state index in [1.54, 1.807) is 7.05 Å². The molecule has 1 aliphatic carbocycles. The third-order valence-electron chi connectivity index (χ3n) is 5.18. The van der Waals surface area contributed by atoms with E-state index < -0.39 is 0 Å². The minimum atomic E-state index is -0.229. The molecule has 0 heterocycles. The highest BCUT2D eigenvalue weighted by Gasteiger charge is 2.16. The van der Waals surface area contributed by atoms with Gasteiger partial charge in [0.1, 0.15) is 5.75 Å². The lowest BCUT2D eigenvalue weighted by Crippen LogP contribution is -2.37. The lowest BCUT2D eigenvalue weighted by molar-refractivity contribution is -0.135. The number of hydrogen-bond acceptors (Lipinski definition) is 3. The molecule has 1 N–H and O–H groups in total. The first-order valence-corrected chi connectivity index (χ1v) is 9.70. The Labute approximate surface area is 166 Å². The summed E-state index contributed by atoms with van der Waals surface area (Å²) >= 11 is 0. The van der Waals surface area contributed by atoms with E-state index in [1.807, 2.05) is 45.0 Å². The zero-order valence-corrected chi connectivity index (χ0v) is 17.1. The largest absolute Gasteiger partial charge is 0.484 e. The van der Waals surface area contributed by atoms with Gasteiger partial charge in [-0.25, -0.2) is 0 Å². The van der Waals surface area contributed by atoms with E-state index in [2.05, 4.69) is 11.4 Å². The third kappa shape index (κ3) is 4.71. The van der Waals surface area contributed by atoms with Crippen LogP contribution in [0.5, 0.6) is 5.75 Å². The average Bonchev–Trinajstić information content (AvgIpc) is 3.10. The molecule has 0 aliphatic heterocycles. The SMILES string of the molecule is Cc1cc(C)c(NC(=O)CN(C)C(=O)COc2ccc3c(c2)CCC3)c(C)c1. The summed E-state index contributed by atoms with van der Waals surface area (Å²) in [5, 5.41) is 2.92. The molecular weight excluding hydrogens is 352 g/mol. The summed E-state index contributed by atoms with van der Waals surface area (Å²) in [6.45, 7) is 5.87. The lowest BCUT2D eigenvalue weighted by Gasteiger charge is -2.19. The van der Waals surface area contributed by atoms with Gasteiger partial charge in [-0.05, 0) is 74.4 Å². The molecule has 0 atom stereocenters. The van der Waals surface area contributed by atoms with Crippen molar-refractivity contribution < 1.29 is 14.3 Å². The van der Waals surface area contributed by atoms with Crippen LogP contribution in [-0.2, 0) is 22.4 Å². The summed E-state index contributed by atoms with van der Waals surface area (Å²) in [5.74, 6) is 0.259. The number of amides is 2. The number of likely N-dealkylation sites (N-methyl/N-ethyl adjacent to an activating group) is 1. The Kier molecular flexibility index (Phi) is 6.02. The average molecular weight is 380 g/mol. The number of carbonyl (C=O) groups is 2. The van der Waals surface area contributed by atoms with Gasteiger partial charge in [0.25, 0.3) is 5.91 Å². The fourth-order valence-corrected chi connectivity index (χ4v) is 3.75. The monoisotopic (exact) mass is 380 g/mol. The Morgan fingerprint density at radius 1 is 1.04 bits per heavy atom. The van der Waals surface area contributed by atoms with Gasteiger partial charge in [0, 0.05) is 12.7 Å². The summed E-state index contributed by atoms with van der Waals surface area (Å²) < 4.78 is 5.64. The maximum atomic E-state index is 12.4. The molecule has 0 spiro atoms. The Morgan fingerprint density at radius 2 is 1.71 bits per heavy atom. The Bertz CT molecular complexity index is 882. The summed E-state index contributed by atoms with van der Waals surface area (Å²) in [5.41, 5.74) is 6.67. The first-order valence-electron chi connectivity index (χ1n) is 9.70. The van der Waals surface area contributed by atoms with Crippen molar-refractivity contribution in [1.82, 2.24) is 4.90 Å². The molecule has 1 aliphatic rings. The molecule has 0 bridgehead atoms. The fraction of sp³-hybridized carbons (Fsp3) is 0.391. The van der Waals surface area contributed by atoms with Crippen LogP contribution in [0, 0.1) is 20.8 Å². The second-order valence-corrected chi connectivity index (χ2v) is 7.64. The maximum absolute atomic E-state index is 12.4. The molecule has 0 saturated heterocycles. The molecule has 2 aromatic carbocycles. The van der Waals surface area contributed by atoms with Crippen molar-refractivity contribution in [2.24, 2.45) is 0 Å². The molecule has 5 heteroatoms. The van der Waals surface area contributed by atoms with Gasteiger partial charge in [-0.2, -0.15) is 0 Å². The minimum absolute atomic E-state index is 0.0147. The van der Waals surface area contributed by atoms with Crippen molar-refractivity contribution in [2.45, 2.75) is 40.0 Å². The number of nitrogens with one attached hydrogen (secondary N) is 1. The predicted molar refractivity (Wildman–Crippen MR) is 111 cm³/mol. The smallest absolute Gasteiger partial charge is 0.260 e. The van der Waals surface area contributed by atoms with Crippen LogP contribution < -0.4 is 10.1 Å². The minimum Gasteiger partial charge on any atom is -0.484 e. The molecule has 3 rings (SSSR count). The lowest BCUT2D eigenvalue weighted by atomic mass is 10.1. The zero-order chi connectivity index (χ0) is 20.3. The molecular formula is C23H28N2O3. The number of nitrogens with zero attached hydrogens (tertiary/aromatic N) is 1. The summed E-state index contributed by atoms with van der Waals surface area (Å²) in [6, 6.07) is 10.1. The quantitative estimate of drug-likeness (QED) is 0.833. The Morgan fingerprint density at radius 3 is 2.43 bits per heavy atom. The van der Waals surface area contributed by atoms with Crippen molar-refractivity contribution in [3.63, 3.8) is 0 Å². The van der Waals surface area contributed by atoms with Crippen LogP contribution in [0.1, 0.15) is 34.2 Å². The van der Waals surface area contributed by atoms with Gasteiger partial charge in [-0.15, -0.1) is 0 Å². The molecule has 2 aromatic rings. The molecule has 28 heavy (non-hydrogen) atoms. The Hall–Kier alpha value is -2.82. The van der Waals surface area contributed by atoms with E-state index in [1.165, 1.54) is 22.4 Å². The number of hydrogen-bond donors (Lipinski definition) is 1. The van der Waals surface area contributed by atoms with E-state index in [0.717, 1.165) is 35.2 Å². The van der Waals surface area contributed by atoms with Crippen molar-refractivity contribution in [3.05, 3.63) is 58.1 Å². The highest BCUT2D eigenvalue weighted by Crippen LogP contribution is 2.26. The van der Waals surface area contributed by atoms with E-state index in [4.69, 9.17) is 4.74 Å². The number of carbonyl (C=O) groups excluding carboxylic acids is 2. The number of benzene rings is 2. The van der Waals surface area contributed by atoms with E-state index in [-0.39, 0.29) is 25.0 Å². The molecule has 5 nitrogen and oxygen atoms in total. The zero-order valence-electron chi connectivity index (χ0n) is 17.1. The second-order valence-electron chi connectivity index (χ2n) is 7.64. The topological polar surface area (TPSA) is 58.6 Å². The van der Waals surface area contributed by atoms with Crippen molar-refractivity contribution in [3.8, 4) is 5.75 Å². The number of rotatable bonds is 6. The van der Waals surface area contributed by atoms with Gasteiger partial charge >= 0.3 is 0 Å². The number of fused-ring (bicyclic) bond motifs is 1. The van der Waals surface area contributed by atoms with Crippen LogP contribution >= 0.6 is 0 Å². The van der Waals surface area contributed by atoms with Gasteiger partial charge < -0.3 is 15.0 Å². The first-order chi connectivity index (χ1) is 13.3. The molecule has 0 radical (unpaired) electrons. The number of aryl methyl sites for hydroxylation is 5. The van der Waals surface area contributed by atoms with Crippen LogP contribution in [0.25, 0.3) is 0 Å². The van der Waals surface area contributed by atoms with Gasteiger partial charge in [0.05, 0.1) is 6.54 Å². The molecule has 0 fully saturated rings. The summed E-state index contributed by atoms with van der Waals surface area (Å²) in [7, 11) is 1.61. The van der Waals surface area contributed by atoms with E-state index in [0.29, 0.717) is 5.75 Å². The van der Waals surface area contributed by atoms with Gasteiger partial charge in [0.2, 0.25) is 5.91 Å². The maximum Gasteiger partial charge on any atom is 0.260 e. The predicted octanol–water partition coefficient (Wildman–Crippen LogP) is 3.58. The van der Waals surface area contributed by atoms with Crippen molar-refractivity contribution in [2.75, 3.05) is 25.5 Å². The number of anilines is 1. The standard InChI is InChI=1S/C23H28N2O3/c1-15-10-16(2)23(17(3)11-15)24-21(26)13-25(4)22(27)14-28-20-9-8-18-6-5-7-19(18)12-20/h8-12H,5-7,13-14H2,1-4H3,(H,24,26). The fourth-order valence-electron chi connectivity index (χ4n) is 3.75. The highest BCUT2D eigenvalue weighted by molar-refractivity contribution is 5.95. The van der Waals surface area contributed by atoms with Gasteiger partial charge in [-0.1, -0.05) is 23.8 Å². The normalized spacial score (nSPS) is 12.4. The summed E-state index contributed by atoms with van der Waals surface area (Å²) in [4.78, 5) is 26.1. The van der Waals surface area contributed by atoms with Crippen molar-refractivity contribution in [1.29, 1.82) is 0 Å². The van der Waals surface area contributed by atoms with Gasteiger partial charge in [-0.3, -0.25) is 9.59 Å². The van der Waals surface area contributed by atoms with Crippen molar-refractivity contribution >= 4 is 17.5 Å². The van der Waals surface area contributed by atoms with Crippen LogP contribution in [-0.4, -0.2) is 36.9 Å².